The van der Waals surface area contributed by atoms with Crippen molar-refractivity contribution in [2.24, 2.45) is 5.92 Å². The second kappa shape index (κ2) is 14.3. The third-order valence-electron chi connectivity index (χ3n) is 6.15. The van der Waals surface area contributed by atoms with E-state index < -0.39 is 28.5 Å². The van der Waals surface area contributed by atoms with Gasteiger partial charge in [0.05, 0.1) is 11.9 Å². The number of hydrogen-bond donors (Lipinski definition) is 1. The maximum atomic E-state index is 13.7. The lowest BCUT2D eigenvalue weighted by Gasteiger charge is -2.31. The summed E-state index contributed by atoms with van der Waals surface area (Å²) in [6, 6.07) is 22.8. The summed E-state index contributed by atoms with van der Waals surface area (Å²) in [6.45, 7) is 6.13. The number of hydrogen-bond acceptors (Lipinski definition) is 5. The van der Waals surface area contributed by atoms with E-state index in [2.05, 4.69) is 21.2 Å². The van der Waals surface area contributed by atoms with Crippen LogP contribution in [0.5, 0.6) is 5.75 Å². The predicted molar refractivity (Wildman–Crippen MR) is 161 cm³/mol. The van der Waals surface area contributed by atoms with Gasteiger partial charge in [0.1, 0.15) is 24.9 Å². The van der Waals surface area contributed by atoms with Crippen molar-refractivity contribution >= 4 is 43.5 Å². The van der Waals surface area contributed by atoms with E-state index >= 15 is 0 Å². The highest BCUT2D eigenvalue weighted by molar-refractivity contribution is 9.10. The fourth-order valence-corrected chi connectivity index (χ4v) is 5.23. The quantitative estimate of drug-likeness (QED) is 0.288. The van der Waals surface area contributed by atoms with Crippen molar-refractivity contribution in [1.82, 2.24) is 10.2 Å². The molecule has 3 rings (SSSR count). The number of nitrogens with one attached hydrogen (secondary N) is 1. The highest BCUT2D eigenvalue weighted by Crippen LogP contribution is 2.23. The molecule has 1 atom stereocenters. The third kappa shape index (κ3) is 9.38. The van der Waals surface area contributed by atoms with Crippen LogP contribution in [0.2, 0.25) is 0 Å². The Morgan fingerprint density at radius 1 is 0.925 bits per heavy atom. The van der Waals surface area contributed by atoms with Crippen LogP contribution in [0.15, 0.2) is 83.3 Å². The SMILES string of the molecule is CC(C)CNC(=O)C(C)N(Cc1cccc(Br)c1)C(=O)CN(c1ccc(OCc2ccccc2)cc1)S(C)(=O)=O. The lowest BCUT2D eigenvalue weighted by Crippen LogP contribution is -2.51. The van der Waals surface area contributed by atoms with Crippen molar-refractivity contribution in [3.63, 3.8) is 0 Å². The molecule has 1 unspecified atom stereocenters. The second-order valence-electron chi connectivity index (χ2n) is 10.0. The molecule has 0 saturated heterocycles. The molecule has 0 aliphatic carbocycles. The van der Waals surface area contributed by atoms with Crippen LogP contribution in [0.4, 0.5) is 5.69 Å². The van der Waals surface area contributed by atoms with Gasteiger partial charge in [0.2, 0.25) is 21.8 Å². The maximum absolute atomic E-state index is 13.7. The van der Waals surface area contributed by atoms with Crippen molar-refractivity contribution in [2.75, 3.05) is 23.7 Å². The van der Waals surface area contributed by atoms with Gasteiger partial charge in [-0.1, -0.05) is 72.2 Å². The molecule has 0 aliphatic rings. The highest BCUT2D eigenvalue weighted by Gasteiger charge is 2.30. The number of sulfonamides is 1. The molecule has 214 valence electrons. The summed E-state index contributed by atoms with van der Waals surface area (Å²) in [6.07, 6.45) is 1.05. The summed E-state index contributed by atoms with van der Waals surface area (Å²) in [7, 11) is -3.82. The zero-order chi connectivity index (χ0) is 29.3. The molecule has 10 heteroatoms. The van der Waals surface area contributed by atoms with Gasteiger partial charge in [0.15, 0.2) is 0 Å². The number of benzene rings is 3. The first kappa shape index (κ1) is 31.2. The number of carbonyl (C=O) groups excluding carboxylic acids is 2. The van der Waals surface area contributed by atoms with Gasteiger partial charge >= 0.3 is 0 Å². The van der Waals surface area contributed by atoms with Gasteiger partial charge in [0.25, 0.3) is 0 Å². The number of rotatable bonds is 13. The van der Waals surface area contributed by atoms with Crippen LogP contribution in [0.25, 0.3) is 0 Å². The lowest BCUT2D eigenvalue weighted by atomic mass is 10.1. The van der Waals surface area contributed by atoms with Crippen molar-refractivity contribution in [1.29, 1.82) is 0 Å². The van der Waals surface area contributed by atoms with Crippen LogP contribution in [-0.2, 0) is 32.8 Å². The van der Waals surface area contributed by atoms with E-state index in [4.69, 9.17) is 4.74 Å². The molecule has 3 aromatic carbocycles. The maximum Gasteiger partial charge on any atom is 0.244 e. The minimum Gasteiger partial charge on any atom is -0.489 e. The first-order chi connectivity index (χ1) is 18.9. The summed E-state index contributed by atoms with van der Waals surface area (Å²) in [5.74, 6) is 0.00901. The largest absolute Gasteiger partial charge is 0.489 e. The molecular formula is C30H36BrN3O5S. The molecule has 0 saturated carbocycles. The van der Waals surface area contributed by atoms with Gasteiger partial charge in [0, 0.05) is 17.6 Å². The second-order valence-corrected chi connectivity index (χ2v) is 12.8. The van der Waals surface area contributed by atoms with E-state index in [1.54, 1.807) is 31.2 Å². The molecule has 40 heavy (non-hydrogen) atoms. The normalized spacial score (nSPS) is 12.1. The van der Waals surface area contributed by atoms with Gasteiger partial charge in [-0.25, -0.2) is 8.42 Å². The Bertz CT molecular complexity index is 1380. The first-order valence-corrected chi connectivity index (χ1v) is 15.6. The van der Waals surface area contributed by atoms with Gasteiger partial charge in [-0.05, 0) is 60.4 Å². The third-order valence-corrected chi connectivity index (χ3v) is 7.78. The molecule has 2 amide bonds. The minimum absolute atomic E-state index is 0.137. The molecule has 0 radical (unpaired) electrons. The summed E-state index contributed by atoms with van der Waals surface area (Å²) >= 11 is 3.44. The van der Waals surface area contributed by atoms with Gasteiger partial charge < -0.3 is 15.0 Å². The average molecular weight is 631 g/mol. The van der Waals surface area contributed by atoms with Crippen LogP contribution >= 0.6 is 15.9 Å². The van der Waals surface area contributed by atoms with Crippen molar-refractivity contribution in [2.45, 2.75) is 40.0 Å². The Hall–Kier alpha value is -3.37. The summed E-state index contributed by atoms with van der Waals surface area (Å²) < 4.78 is 33.3. The summed E-state index contributed by atoms with van der Waals surface area (Å²) in [5, 5.41) is 2.87. The number of amides is 2. The Morgan fingerprint density at radius 3 is 2.17 bits per heavy atom. The van der Waals surface area contributed by atoms with Crippen LogP contribution in [-0.4, -0.2) is 50.5 Å². The van der Waals surface area contributed by atoms with Crippen LogP contribution < -0.4 is 14.4 Å². The molecule has 0 aromatic heterocycles. The van der Waals surface area contributed by atoms with E-state index in [1.165, 1.54) is 4.90 Å². The summed E-state index contributed by atoms with van der Waals surface area (Å²) in [5.41, 5.74) is 2.13. The highest BCUT2D eigenvalue weighted by atomic mass is 79.9. The zero-order valence-corrected chi connectivity index (χ0v) is 25.6. The number of anilines is 1. The van der Waals surface area contributed by atoms with Crippen molar-refractivity contribution in [3.05, 3.63) is 94.5 Å². The molecule has 0 heterocycles. The summed E-state index contributed by atoms with van der Waals surface area (Å²) in [4.78, 5) is 28.0. The molecule has 1 N–H and O–H groups in total. The molecular weight excluding hydrogens is 594 g/mol. The molecule has 8 nitrogen and oxygen atoms in total. The van der Waals surface area contributed by atoms with Crippen molar-refractivity contribution < 1.29 is 22.7 Å². The minimum atomic E-state index is -3.82. The topological polar surface area (TPSA) is 96.0 Å². The molecule has 3 aromatic rings. The number of halogens is 1. The fraction of sp³-hybridized carbons (Fsp3) is 0.333. The van der Waals surface area contributed by atoms with Gasteiger partial charge in [-0.2, -0.15) is 0 Å². The fourth-order valence-electron chi connectivity index (χ4n) is 3.93. The average Bonchev–Trinajstić information content (AvgIpc) is 2.92. The molecule has 0 bridgehead atoms. The Morgan fingerprint density at radius 2 is 1.57 bits per heavy atom. The van der Waals surface area contributed by atoms with Crippen molar-refractivity contribution in [3.8, 4) is 5.75 Å². The molecule has 0 fully saturated rings. The van der Waals surface area contributed by atoms with E-state index in [0.29, 0.717) is 24.6 Å². The van der Waals surface area contributed by atoms with E-state index in [1.807, 2.05) is 68.4 Å². The Kier molecular flexibility index (Phi) is 11.2. The number of carbonyl (C=O) groups is 2. The number of nitrogens with zero attached hydrogens (tertiary/aromatic N) is 2. The molecule has 0 spiro atoms. The lowest BCUT2D eigenvalue weighted by molar-refractivity contribution is -0.139. The van der Waals surface area contributed by atoms with Crippen LogP contribution in [0.1, 0.15) is 31.9 Å². The van der Waals surface area contributed by atoms with Gasteiger partial charge in [-0.3, -0.25) is 13.9 Å². The Labute approximate surface area is 245 Å². The van der Waals surface area contributed by atoms with E-state index in [0.717, 1.165) is 26.2 Å². The van der Waals surface area contributed by atoms with E-state index in [9.17, 15) is 18.0 Å². The van der Waals surface area contributed by atoms with Crippen LogP contribution in [0.3, 0.4) is 0 Å². The smallest absolute Gasteiger partial charge is 0.244 e. The standard InChI is InChI=1S/C30H36BrN3O5S/c1-22(2)18-32-30(36)23(3)33(19-25-11-8-12-26(31)17-25)29(35)20-34(40(4,37)38)27-13-15-28(16-14-27)39-21-24-9-6-5-7-10-24/h5-17,22-23H,18-21H2,1-4H3,(H,32,36). The predicted octanol–water partition coefficient (Wildman–Crippen LogP) is 4.98. The van der Waals surface area contributed by atoms with E-state index in [-0.39, 0.29) is 18.4 Å². The van der Waals surface area contributed by atoms with Crippen LogP contribution in [0, 0.1) is 5.92 Å². The Balaban J connectivity index is 1.81. The number of ether oxygens (including phenoxy) is 1. The molecule has 0 aliphatic heterocycles. The first-order valence-electron chi connectivity index (χ1n) is 13.0. The van der Waals surface area contributed by atoms with Gasteiger partial charge in [-0.15, -0.1) is 0 Å². The monoisotopic (exact) mass is 629 g/mol. The zero-order valence-electron chi connectivity index (χ0n) is 23.2.